The maximum absolute atomic E-state index is 11.8. The van der Waals surface area contributed by atoms with Crippen molar-refractivity contribution in [1.82, 2.24) is 10.2 Å². The molecule has 1 amide bonds. The van der Waals surface area contributed by atoms with Crippen LogP contribution in [0.2, 0.25) is 0 Å². The lowest BCUT2D eigenvalue weighted by molar-refractivity contribution is -0.137. The number of nitrogens with zero attached hydrogens (tertiary/aromatic N) is 1. The zero-order valence-electron chi connectivity index (χ0n) is 12.1. The van der Waals surface area contributed by atoms with Crippen LogP contribution in [-0.4, -0.2) is 59.4 Å². The fourth-order valence-corrected chi connectivity index (χ4v) is 1.92. The zero-order chi connectivity index (χ0) is 14.0. The van der Waals surface area contributed by atoms with Gasteiger partial charge in [0, 0.05) is 19.6 Å². The van der Waals surface area contributed by atoms with Crippen LogP contribution < -0.4 is 5.32 Å². The Balaban J connectivity index is 2.48. The van der Waals surface area contributed by atoms with E-state index in [9.17, 15) is 9.90 Å². The van der Waals surface area contributed by atoms with Crippen LogP contribution in [0, 0.1) is 0 Å². The van der Waals surface area contributed by atoms with Gasteiger partial charge in [0.05, 0.1) is 23.9 Å². The molecule has 5 nitrogen and oxygen atoms in total. The van der Waals surface area contributed by atoms with Crippen molar-refractivity contribution in [3.63, 3.8) is 0 Å². The molecule has 0 aromatic rings. The number of aliphatic hydroxyl groups excluding tert-OH is 1. The third kappa shape index (κ3) is 4.23. The Kier molecular flexibility index (Phi) is 4.75. The number of ether oxygens (including phenoxy) is 1. The summed E-state index contributed by atoms with van der Waals surface area (Å²) < 4.78 is 5.55. The summed E-state index contributed by atoms with van der Waals surface area (Å²) in [5.74, 6) is 0.0117. The van der Waals surface area contributed by atoms with Crippen molar-refractivity contribution in [2.75, 3.05) is 26.2 Å². The van der Waals surface area contributed by atoms with Gasteiger partial charge in [-0.05, 0) is 34.6 Å². The SMILES string of the molecule is CC(C)(C)OCC(O)CN1CCNC(=O)C1(C)C. The smallest absolute Gasteiger partial charge is 0.240 e. The summed E-state index contributed by atoms with van der Waals surface area (Å²) in [6, 6.07) is 0. The highest BCUT2D eigenvalue weighted by molar-refractivity contribution is 5.86. The van der Waals surface area contributed by atoms with E-state index in [1.807, 2.05) is 39.5 Å². The van der Waals surface area contributed by atoms with Crippen LogP contribution >= 0.6 is 0 Å². The molecule has 18 heavy (non-hydrogen) atoms. The molecule has 5 heteroatoms. The predicted molar refractivity (Wildman–Crippen MR) is 70.4 cm³/mol. The molecule has 1 heterocycles. The van der Waals surface area contributed by atoms with Gasteiger partial charge in [-0.25, -0.2) is 0 Å². The van der Waals surface area contributed by atoms with E-state index in [-0.39, 0.29) is 18.1 Å². The summed E-state index contributed by atoms with van der Waals surface area (Å²) in [5, 5.41) is 12.8. The average Bonchev–Trinajstić information content (AvgIpc) is 2.22. The molecule has 1 rings (SSSR count). The zero-order valence-corrected chi connectivity index (χ0v) is 12.1. The molecule has 1 aliphatic heterocycles. The Morgan fingerprint density at radius 3 is 2.67 bits per heavy atom. The van der Waals surface area contributed by atoms with E-state index in [1.54, 1.807) is 0 Å². The lowest BCUT2D eigenvalue weighted by atomic mass is 9.98. The number of aliphatic hydroxyl groups is 1. The number of β-amino-alcohol motifs (C(OH)–C–C–N with tert-alkyl or cyclic N) is 1. The minimum absolute atomic E-state index is 0.0117. The molecule has 1 unspecified atom stereocenters. The number of rotatable bonds is 4. The van der Waals surface area contributed by atoms with Gasteiger partial charge >= 0.3 is 0 Å². The van der Waals surface area contributed by atoms with Crippen molar-refractivity contribution in [2.45, 2.75) is 51.9 Å². The number of carbonyl (C=O) groups is 1. The highest BCUT2D eigenvalue weighted by Crippen LogP contribution is 2.18. The van der Waals surface area contributed by atoms with Crippen LogP contribution in [0.4, 0.5) is 0 Å². The topological polar surface area (TPSA) is 61.8 Å². The second-order valence-corrected chi connectivity index (χ2v) is 6.34. The molecule has 0 aromatic carbocycles. The van der Waals surface area contributed by atoms with Gasteiger partial charge in [0.15, 0.2) is 0 Å². The van der Waals surface area contributed by atoms with Crippen molar-refractivity contribution >= 4 is 5.91 Å². The van der Waals surface area contributed by atoms with Gasteiger partial charge in [-0.15, -0.1) is 0 Å². The van der Waals surface area contributed by atoms with Crippen LogP contribution in [0.5, 0.6) is 0 Å². The lowest BCUT2D eigenvalue weighted by Crippen LogP contribution is -2.63. The first kappa shape index (κ1) is 15.4. The van der Waals surface area contributed by atoms with E-state index in [2.05, 4.69) is 5.32 Å². The Hall–Kier alpha value is -0.650. The van der Waals surface area contributed by atoms with Crippen LogP contribution in [0.25, 0.3) is 0 Å². The highest BCUT2D eigenvalue weighted by atomic mass is 16.5. The van der Waals surface area contributed by atoms with Gasteiger partial charge in [-0.3, -0.25) is 9.69 Å². The molecule has 1 atom stereocenters. The summed E-state index contributed by atoms with van der Waals surface area (Å²) in [4.78, 5) is 13.8. The summed E-state index contributed by atoms with van der Waals surface area (Å²) in [7, 11) is 0. The largest absolute Gasteiger partial charge is 0.389 e. The first-order valence-electron chi connectivity index (χ1n) is 6.48. The molecule has 0 aromatic heterocycles. The maximum Gasteiger partial charge on any atom is 0.240 e. The van der Waals surface area contributed by atoms with E-state index in [0.29, 0.717) is 13.1 Å². The van der Waals surface area contributed by atoms with Gasteiger partial charge in [0.1, 0.15) is 0 Å². The van der Waals surface area contributed by atoms with E-state index in [1.165, 1.54) is 0 Å². The molecule has 0 spiro atoms. The van der Waals surface area contributed by atoms with Crippen molar-refractivity contribution in [3.05, 3.63) is 0 Å². The minimum Gasteiger partial charge on any atom is -0.389 e. The van der Waals surface area contributed by atoms with Crippen LogP contribution in [-0.2, 0) is 9.53 Å². The number of piperazine rings is 1. The summed E-state index contributed by atoms with van der Waals surface area (Å²) >= 11 is 0. The molecular formula is C13H26N2O3. The Morgan fingerprint density at radius 2 is 2.11 bits per heavy atom. The van der Waals surface area contributed by atoms with Crippen LogP contribution in [0.15, 0.2) is 0 Å². The molecule has 106 valence electrons. The van der Waals surface area contributed by atoms with E-state index < -0.39 is 11.6 Å². The van der Waals surface area contributed by atoms with Crippen molar-refractivity contribution in [1.29, 1.82) is 0 Å². The van der Waals surface area contributed by atoms with E-state index >= 15 is 0 Å². The predicted octanol–water partition coefficient (Wildman–Crippen LogP) is 0.373. The first-order chi connectivity index (χ1) is 8.13. The Bertz CT molecular complexity index is 297. The number of hydrogen-bond donors (Lipinski definition) is 2. The number of carbonyl (C=O) groups excluding carboxylic acids is 1. The maximum atomic E-state index is 11.8. The van der Waals surface area contributed by atoms with E-state index in [0.717, 1.165) is 6.54 Å². The number of hydrogen-bond acceptors (Lipinski definition) is 4. The average molecular weight is 258 g/mol. The van der Waals surface area contributed by atoms with Crippen molar-refractivity contribution in [3.8, 4) is 0 Å². The highest BCUT2D eigenvalue weighted by Gasteiger charge is 2.38. The number of amides is 1. The quantitative estimate of drug-likeness (QED) is 0.765. The third-order valence-corrected chi connectivity index (χ3v) is 3.15. The molecule has 1 saturated heterocycles. The lowest BCUT2D eigenvalue weighted by Gasteiger charge is -2.42. The van der Waals surface area contributed by atoms with Crippen molar-refractivity contribution in [2.24, 2.45) is 0 Å². The third-order valence-electron chi connectivity index (χ3n) is 3.15. The van der Waals surface area contributed by atoms with Gasteiger partial charge in [-0.2, -0.15) is 0 Å². The summed E-state index contributed by atoms with van der Waals surface area (Å²) in [6.07, 6.45) is -0.575. The first-order valence-corrected chi connectivity index (χ1v) is 6.48. The minimum atomic E-state index is -0.575. The summed E-state index contributed by atoms with van der Waals surface area (Å²) in [5.41, 5.74) is -0.823. The molecule has 0 aliphatic carbocycles. The molecule has 2 N–H and O–H groups in total. The molecule has 1 aliphatic rings. The number of nitrogens with one attached hydrogen (secondary N) is 1. The van der Waals surface area contributed by atoms with Crippen LogP contribution in [0.3, 0.4) is 0 Å². The molecule has 0 saturated carbocycles. The second-order valence-electron chi connectivity index (χ2n) is 6.34. The van der Waals surface area contributed by atoms with Gasteiger partial charge < -0.3 is 15.2 Å². The fourth-order valence-electron chi connectivity index (χ4n) is 1.92. The Labute approximate surface area is 109 Å². The second kappa shape index (κ2) is 5.55. The Morgan fingerprint density at radius 1 is 1.50 bits per heavy atom. The molecule has 0 bridgehead atoms. The van der Waals surface area contributed by atoms with Gasteiger partial charge in [0.25, 0.3) is 0 Å². The summed E-state index contributed by atoms with van der Waals surface area (Å²) in [6.45, 7) is 11.8. The van der Waals surface area contributed by atoms with Crippen LogP contribution in [0.1, 0.15) is 34.6 Å². The monoisotopic (exact) mass is 258 g/mol. The van der Waals surface area contributed by atoms with Crippen molar-refractivity contribution < 1.29 is 14.6 Å². The fraction of sp³-hybridized carbons (Fsp3) is 0.923. The van der Waals surface area contributed by atoms with E-state index in [4.69, 9.17) is 4.74 Å². The normalized spacial score (nSPS) is 22.7. The molecule has 0 radical (unpaired) electrons. The molecular weight excluding hydrogens is 232 g/mol. The van der Waals surface area contributed by atoms with Gasteiger partial charge in [-0.1, -0.05) is 0 Å². The van der Waals surface area contributed by atoms with Gasteiger partial charge in [0.2, 0.25) is 5.91 Å². The standard InChI is InChI=1S/C13H26N2O3/c1-12(2,3)18-9-10(16)8-15-7-6-14-11(17)13(15,4)5/h10,16H,6-9H2,1-5H3,(H,14,17). The molecule has 1 fully saturated rings.